The molecule has 2 amide bonds. The Morgan fingerprint density at radius 1 is 1.08 bits per heavy atom. The van der Waals surface area contributed by atoms with Crippen molar-refractivity contribution in [2.45, 2.75) is 52.2 Å². The lowest BCUT2D eigenvalue weighted by Crippen LogP contribution is -2.46. The molecule has 0 saturated carbocycles. The van der Waals surface area contributed by atoms with Crippen LogP contribution in [0, 0.1) is 18.6 Å². The molecule has 1 aromatic carbocycles. The van der Waals surface area contributed by atoms with Crippen LogP contribution in [0.3, 0.4) is 0 Å². The number of aryl methyl sites for hydroxylation is 2. The van der Waals surface area contributed by atoms with E-state index in [1.54, 1.807) is 53.3 Å². The number of fused-ring (bicyclic) bond motifs is 2. The second kappa shape index (κ2) is 9.83. The molecule has 0 atom stereocenters. The van der Waals surface area contributed by atoms with Gasteiger partial charge >= 0.3 is 6.09 Å². The number of alkyl carbamates (subject to hydrolysis) is 1. The average Bonchev–Trinajstić information content (AvgIpc) is 3.39. The minimum absolute atomic E-state index is 0.0376. The van der Waals surface area contributed by atoms with Gasteiger partial charge in [-0.25, -0.2) is 18.6 Å². The zero-order chi connectivity index (χ0) is 28.1. The molecular weight excluding hydrogens is 508 g/mol. The maximum absolute atomic E-state index is 15.6. The molecule has 1 aliphatic heterocycles. The van der Waals surface area contributed by atoms with E-state index in [9.17, 15) is 14.0 Å². The van der Waals surface area contributed by atoms with Gasteiger partial charge in [-0.2, -0.15) is 5.10 Å². The first-order chi connectivity index (χ1) is 18.4. The predicted octanol–water partition coefficient (Wildman–Crippen LogP) is 4.55. The highest BCUT2D eigenvalue weighted by atomic mass is 19.1. The standard InChI is InChI=1S/C27H31F2N7O3/c1-15-12-36-13-17(10-21(29)24(36)30-15)31-25(37)18-11-20(28)23(19-14-34(5)33-22(18)19)35-8-6-16(7-9-35)32-26(38)39-27(2,3)4/h10-14,16H,6-9H2,1-5H3,(H,31,37)(H,32,38). The van der Waals surface area contributed by atoms with E-state index in [0.717, 1.165) is 0 Å². The molecule has 0 bridgehead atoms. The van der Waals surface area contributed by atoms with Crippen LogP contribution in [0.1, 0.15) is 49.7 Å². The average molecular weight is 540 g/mol. The number of amides is 2. The number of halogens is 2. The van der Waals surface area contributed by atoms with Gasteiger partial charge in [-0.1, -0.05) is 0 Å². The van der Waals surface area contributed by atoms with Crippen molar-refractivity contribution in [3.8, 4) is 0 Å². The summed E-state index contributed by atoms with van der Waals surface area (Å²) in [5, 5.41) is 10.5. The topological polar surface area (TPSA) is 106 Å². The van der Waals surface area contributed by atoms with Crippen molar-refractivity contribution in [3.05, 3.63) is 53.6 Å². The van der Waals surface area contributed by atoms with Gasteiger partial charge in [-0.15, -0.1) is 0 Å². The first kappa shape index (κ1) is 26.4. The Labute approximate surface area is 223 Å². The highest BCUT2D eigenvalue weighted by molar-refractivity contribution is 6.14. The minimum atomic E-state index is -0.611. The Hall–Kier alpha value is -4.22. The van der Waals surface area contributed by atoms with E-state index in [4.69, 9.17) is 4.74 Å². The molecule has 10 nitrogen and oxygen atoms in total. The van der Waals surface area contributed by atoms with Crippen LogP contribution >= 0.6 is 0 Å². The van der Waals surface area contributed by atoms with Gasteiger partial charge in [-0.3, -0.25) is 9.48 Å². The van der Waals surface area contributed by atoms with Gasteiger partial charge in [0.25, 0.3) is 5.91 Å². The highest BCUT2D eigenvalue weighted by Gasteiger charge is 2.28. The number of ether oxygens (including phenoxy) is 1. The summed E-state index contributed by atoms with van der Waals surface area (Å²) in [5.41, 5.74) is 1.12. The summed E-state index contributed by atoms with van der Waals surface area (Å²) in [7, 11) is 1.70. The molecular formula is C27H31F2N7O3. The number of carbonyl (C=O) groups is 2. The van der Waals surface area contributed by atoms with Crippen molar-refractivity contribution >= 4 is 39.9 Å². The Bertz CT molecular complexity index is 1580. The zero-order valence-electron chi connectivity index (χ0n) is 22.5. The molecule has 2 N–H and O–H groups in total. The molecule has 1 aliphatic rings. The van der Waals surface area contributed by atoms with Gasteiger partial charge in [0.05, 0.1) is 22.6 Å². The van der Waals surface area contributed by atoms with Gasteiger partial charge in [0.1, 0.15) is 16.9 Å². The summed E-state index contributed by atoms with van der Waals surface area (Å²) < 4.78 is 38.5. The third-order valence-electron chi connectivity index (χ3n) is 6.50. The number of pyridine rings is 1. The Morgan fingerprint density at radius 2 is 1.79 bits per heavy atom. The smallest absolute Gasteiger partial charge is 0.407 e. The molecule has 12 heteroatoms. The first-order valence-electron chi connectivity index (χ1n) is 12.7. The molecule has 206 valence electrons. The van der Waals surface area contributed by atoms with Crippen LogP contribution in [0.2, 0.25) is 0 Å². The SMILES string of the molecule is Cc1cn2cc(NC(=O)c3cc(F)c(N4CCC(NC(=O)OC(C)(C)C)CC4)c4cn(C)nc34)cc(F)c2n1. The second-order valence-corrected chi connectivity index (χ2v) is 10.9. The number of hydrogen-bond donors (Lipinski definition) is 2. The van der Waals surface area contributed by atoms with E-state index in [-0.39, 0.29) is 22.9 Å². The van der Waals surface area contributed by atoms with E-state index in [0.29, 0.717) is 48.2 Å². The Balaban J connectivity index is 1.37. The van der Waals surface area contributed by atoms with Gasteiger partial charge < -0.3 is 24.7 Å². The van der Waals surface area contributed by atoms with E-state index >= 15 is 4.39 Å². The van der Waals surface area contributed by atoms with E-state index in [2.05, 4.69) is 20.7 Å². The summed E-state index contributed by atoms with van der Waals surface area (Å²) in [6.07, 6.45) is 5.60. The molecule has 0 radical (unpaired) electrons. The molecule has 3 aromatic heterocycles. The number of benzene rings is 1. The minimum Gasteiger partial charge on any atom is -0.444 e. The highest BCUT2D eigenvalue weighted by Crippen LogP contribution is 2.34. The second-order valence-electron chi connectivity index (χ2n) is 10.9. The fourth-order valence-corrected chi connectivity index (χ4v) is 4.92. The zero-order valence-corrected chi connectivity index (χ0v) is 22.5. The fraction of sp³-hybridized carbons (Fsp3) is 0.407. The van der Waals surface area contributed by atoms with Crippen LogP contribution in [0.4, 0.5) is 25.0 Å². The molecule has 0 unspecified atom stereocenters. The number of nitrogens with zero attached hydrogens (tertiary/aromatic N) is 5. The maximum Gasteiger partial charge on any atom is 0.407 e. The summed E-state index contributed by atoms with van der Waals surface area (Å²) >= 11 is 0. The maximum atomic E-state index is 15.6. The predicted molar refractivity (Wildman–Crippen MR) is 143 cm³/mol. The fourth-order valence-electron chi connectivity index (χ4n) is 4.92. The lowest BCUT2D eigenvalue weighted by atomic mass is 10.0. The molecule has 4 heterocycles. The molecule has 0 aliphatic carbocycles. The summed E-state index contributed by atoms with van der Waals surface area (Å²) in [5.74, 6) is -1.76. The molecule has 0 spiro atoms. The number of imidazole rings is 1. The largest absolute Gasteiger partial charge is 0.444 e. The molecule has 4 aromatic rings. The number of rotatable bonds is 4. The van der Waals surface area contributed by atoms with Crippen molar-refractivity contribution in [2.24, 2.45) is 7.05 Å². The van der Waals surface area contributed by atoms with E-state index in [1.807, 2.05) is 4.90 Å². The molecule has 1 saturated heterocycles. The van der Waals surface area contributed by atoms with E-state index < -0.39 is 29.2 Å². The number of hydrogen-bond acceptors (Lipinski definition) is 6. The number of anilines is 2. The Morgan fingerprint density at radius 3 is 2.49 bits per heavy atom. The molecule has 1 fully saturated rings. The third-order valence-corrected chi connectivity index (χ3v) is 6.50. The first-order valence-corrected chi connectivity index (χ1v) is 12.7. The van der Waals surface area contributed by atoms with Crippen molar-refractivity contribution in [1.82, 2.24) is 24.5 Å². The van der Waals surface area contributed by atoms with Gasteiger partial charge in [-0.05, 0) is 46.6 Å². The van der Waals surface area contributed by atoms with Gasteiger partial charge in [0.15, 0.2) is 11.5 Å². The van der Waals surface area contributed by atoms with Crippen LogP contribution < -0.4 is 15.5 Å². The number of aromatic nitrogens is 4. The van der Waals surface area contributed by atoms with Crippen LogP contribution in [0.25, 0.3) is 16.6 Å². The van der Waals surface area contributed by atoms with Gasteiger partial charge in [0.2, 0.25) is 0 Å². The quantitative estimate of drug-likeness (QED) is 0.394. The van der Waals surface area contributed by atoms with E-state index in [1.165, 1.54) is 21.2 Å². The normalized spacial score (nSPS) is 14.7. The Kier molecular flexibility index (Phi) is 6.65. The molecule has 5 rings (SSSR count). The number of piperidine rings is 1. The number of nitrogens with one attached hydrogen (secondary N) is 2. The van der Waals surface area contributed by atoms with Crippen LogP contribution in [-0.4, -0.2) is 55.9 Å². The summed E-state index contributed by atoms with van der Waals surface area (Å²) in [6, 6.07) is 2.25. The summed E-state index contributed by atoms with van der Waals surface area (Å²) in [6.45, 7) is 8.15. The third kappa shape index (κ3) is 5.50. The van der Waals surface area contributed by atoms with Crippen molar-refractivity contribution < 1.29 is 23.1 Å². The summed E-state index contributed by atoms with van der Waals surface area (Å²) in [4.78, 5) is 31.4. The van der Waals surface area contributed by atoms with Crippen LogP contribution in [-0.2, 0) is 11.8 Å². The lowest BCUT2D eigenvalue weighted by molar-refractivity contribution is 0.0497. The van der Waals surface area contributed by atoms with Gasteiger partial charge in [0, 0.05) is 56.2 Å². The van der Waals surface area contributed by atoms with Crippen LogP contribution in [0.5, 0.6) is 0 Å². The lowest BCUT2D eigenvalue weighted by Gasteiger charge is -2.34. The number of carbonyl (C=O) groups excluding carboxylic acids is 2. The monoisotopic (exact) mass is 539 g/mol. The van der Waals surface area contributed by atoms with Crippen molar-refractivity contribution in [3.63, 3.8) is 0 Å². The van der Waals surface area contributed by atoms with Crippen molar-refractivity contribution in [2.75, 3.05) is 23.3 Å². The molecule has 39 heavy (non-hydrogen) atoms. The van der Waals surface area contributed by atoms with Crippen molar-refractivity contribution in [1.29, 1.82) is 0 Å². The van der Waals surface area contributed by atoms with Crippen LogP contribution in [0.15, 0.2) is 30.7 Å².